The van der Waals surface area contributed by atoms with E-state index in [-0.39, 0.29) is 12.2 Å². The molecule has 0 aromatic carbocycles. The zero-order chi connectivity index (χ0) is 11.4. The Labute approximate surface area is 91.4 Å². The molecule has 0 radical (unpaired) electrons. The lowest BCUT2D eigenvalue weighted by atomic mass is 10.3. The van der Waals surface area contributed by atoms with E-state index in [2.05, 4.69) is 4.98 Å². The maximum Gasteiger partial charge on any atom is 0.309 e. The van der Waals surface area contributed by atoms with Crippen LogP contribution in [0.3, 0.4) is 0 Å². The van der Waals surface area contributed by atoms with Crippen LogP contribution in [-0.4, -0.2) is 47.4 Å². The first kappa shape index (κ1) is 11.8. The smallest absolute Gasteiger partial charge is 0.309 e. The Bertz CT molecular complexity index is 373. The molecule has 0 saturated carbocycles. The van der Waals surface area contributed by atoms with Crippen LogP contribution in [0.15, 0.2) is 5.38 Å². The van der Waals surface area contributed by atoms with Gasteiger partial charge in [-0.1, -0.05) is 0 Å². The summed E-state index contributed by atoms with van der Waals surface area (Å²) in [5, 5.41) is 10.5. The number of hydrogen-bond donors (Lipinski definition) is 1. The summed E-state index contributed by atoms with van der Waals surface area (Å²) in [6.07, 6.45) is -0.133. The molecule has 1 aromatic rings. The van der Waals surface area contributed by atoms with E-state index in [1.165, 1.54) is 11.3 Å². The van der Waals surface area contributed by atoms with Gasteiger partial charge in [0.2, 0.25) is 5.78 Å². The third kappa shape index (κ3) is 3.77. The Morgan fingerprint density at radius 1 is 1.53 bits per heavy atom. The quantitative estimate of drug-likeness (QED) is 0.744. The number of Topliss-reactive ketones (excluding diaryl/α,β-unsaturated/α-hetero) is 1. The van der Waals surface area contributed by atoms with Gasteiger partial charge in [-0.05, 0) is 14.1 Å². The van der Waals surface area contributed by atoms with Crippen molar-refractivity contribution in [2.75, 3.05) is 20.6 Å². The Kier molecular flexibility index (Phi) is 3.93. The highest BCUT2D eigenvalue weighted by Gasteiger charge is 2.13. The molecule has 0 aliphatic heterocycles. The van der Waals surface area contributed by atoms with Crippen molar-refractivity contribution in [3.8, 4) is 0 Å². The molecule has 0 bridgehead atoms. The van der Waals surface area contributed by atoms with Crippen molar-refractivity contribution in [1.29, 1.82) is 0 Å². The lowest BCUT2D eigenvalue weighted by Gasteiger charge is -2.05. The van der Waals surface area contributed by atoms with E-state index in [1.807, 2.05) is 0 Å². The molecule has 0 aliphatic carbocycles. The Balaban J connectivity index is 2.67. The molecular formula is C9H12N2O3S. The fraction of sp³-hybridized carbons (Fsp3) is 0.444. The molecule has 0 fully saturated rings. The van der Waals surface area contributed by atoms with E-state index in [1.54, 1.807) is 24.4 Å². The zero-order valence-corrected chi connectivity index (χ0v) is 9.37. The maximum atomic E-state index is 11.5. The average Bonchev–Trinajstić information content (AvgIpc) is 2.50. The minimum atomic E-state index is -0.938. The number of carboxylic acid groups (broad SMARTS) is 1. The van der Waals surface area contributed by atoms with Crippen LogP contribution in [0.4, 0.5) is 0 Å². The van der Waals surface area contributed by atoms with Crippen molar-refractivity contribution < 1.29 is 14.7 Å². The predicted octanol–water partition coefficient (Wildman–Crippen LogP) is 0.514. The van der Waals surface area contributed by atoms with Gasteiger partial charge < -0.3 is 10.0 Å². The van der Waals surface area contributed by atoms with Crippen molar-refractivity contribution in [2.24, 2.45) is 0 Å². The van der Waals surface area contributed by atoms with Gasteiger partial charge >= 0.3 is 5.97 Å². The molecule has 0 saturated heterocycles. The lowest BCUT2D eigenvalue weighted by Crippen LogP contribution is -2.21. The van der Waals surface area contributed by atoms with Gasteiger partial charge in [0.1, 0.15) is 0 Å². The summed E-state index contributed by atoms with van der Waals surface area (Å²) in [6.45, 7) is 0.292. The number of likely N-dealkylation sites (N-methyl/N-ethyl adjacent to an activating group) is 1. The van der Waals surface area contributed by atoms with Gasteiger partial charge in [0.15, 0.2) is 5.01 Å². The summed E-state index contributed by atoms with van der Waals surface area (Å²) in [4.78, 5) is 27.6. The number of nitrogens with zero attached hydrogens (tertiary/aromatic N) is 2. The van der Waals surface area contributed by atoms with Crippen LogP contribution >= 0.6 is 11.3 Å². The van der Waals surface area contributed by atoms with E-state index in [4.69, 9.17) is 5.11 Å². The SMILES string of the molecule is CN(C)CC(=O)c1nc(CC(=O)O)cs1. The molecule has 0 atom stereocenters. The standard InChI is InChI=1S/C9H12N2O3S/c1-11(2)4-7(12)9-10-6(5-15-9)3-8(13)14/h5H,3-4H2,1-2H3,(H,13,14). The van der Waals surface area contributed by atoms with Crippen LogP contribution in [0.5, 0.6) is 0 Å². The second-order valence-corrected chi connectivity index (χ2v) is 4.23. The molecule has 6 heteroatoms. The number of carbonyl (C=O) groups is 2. The van der Waals surface area contributed by atoms with Gasteiger partial charge in [0.05, 0.1) is 18.7 Å². The molecule has 0 spiro atoms. The van der Waals surface area contributed by atoms with Gasteiger partial charge in [0, 0.05) is 5.38 Å². The summed E-state index contributed by atoms with van der Waals surface area (Å²) in [7, 11) is 3.59. The van der Waals surface area contributed by atoms with Crippen LogP contribution in [0, 0.1) is 0 Å². The Hall–Kier alpha value is -1.27. The average molecular weight is 228 g/mol. The normalized spacial score (nSPS) is 10.6. The summed E-state index contributed by atoms with van der Waals surface area (Å²) < 4.78 is 0. The van der Waals surface area contributed by atoms with E-state index < -0.39 is 5.97 Å². The summed E-state index contributed by atoms with van der Waals surface area (Å²) in [5.41, 5.74) is 0.439. The molecule has 1 N–H and O–H groups in total. The second-order valence-electron chi connectivity index (χ2n) is 3.38. The Morgan fingerprint density at radius 3 is 2.73 bits per heavy atom. The number of thiazole rings is 1. The van der Waals surface area contributed by atoms with Crippen molar-refractivity contribution >= 4 is 23.1 Å². The fourth-order valence-corrected chi connectivity index (χ4v) is 1.78. The highest BCUT2D eigenvalue weighted by molar-refractivity contribution is 7.11. The van der Waals surface area contributed by atoms with Crippen LogP contribution in [0.1, 0.15) is 15.5 Å². The monoisotopic (exact) mass is 228 g/mol. The molecule has 1 rings (SSSR count). The van der Waals surface area contributed by atoms with Gasteiger partial charge in [-0.2, -0.15) is 0 Å². The van der Waals surface area contributed by atoms with Gasteiger partial charge in [-0.15, -0.1) is 11.3 Å². The van der Waals surface area contributed by atoms with Crippen molar-refractivity contribution in [2.45, 2.75) is 6.42 Å². The predicted molar refractivity (Wildman–Crippen MR) is 56.3 cm³/mol. The minimum Gasteiger partial charge on any atom is -0.481 e. The first-order valence-electron chi connectivity index (χ1n) is 4.33. The number of aromatic nitrogens is 1. The molecule has 0 amide bonds. The van der Waals surface area contributed by atoms with Crippen molar-refractivity contribution in [1.82, 2.24) is 9.88 Å². The third-order valence-electron chi connectivity index (χ3n) is 1.58. The van der Waals surface area contributed by atoms with Crippen LogP contribution in [0.25, 0.3) is 0 Å². The van der Waals surface area contributed by atoms with Crippen LogP contribution in [-0.2, 0) is 11.2 Å². The first-order valence-corrected chi connectivity index (χ1v) is 5.21. The van der Waals surface area contributed by atoms with Gasteiger partial charge in [0.25, 0.3) is 0 Å². The number of ketones is 1. The number of aliphatic carboxylic acids is 1. The molecule has 1 heterocycles. The third-order valence-corrected chi connectivity index (χ3v) is 2.51. The molecule has 0 unspecified atom stereocenters. The summed E-state index contributed by atoms with van der Waals surface area (Å²) in [6, 6.07) is 0. The fourth-order valence-electron chi connectivity index (χ4n) is 1.03. The van der Waals surface area contributed by atoms with E-state index >= 15 is 0 Å². The molecular weight excluding hydrogens is 216 g/mol. The van der Waals surface area contributed by atoms with Crippen LogP contribution < -0.4 is 0 Å². The number of rotatable bonds is 5. The Morgan fingerprint density at radius 2 is 2.20 bits per heavy atom. The van der Waals surface area contributed by atoms with Crippen molar-refractivity contribution in [3.05, 3.63) is 16.1 Å². The summed E-state index contributed by atoms with van der Waals surface area (Å²) >= 11 is 1.19. The van der Waals surface area contributed by atoms with Gasteiger partial charge in [-0.25, -0.2) is 4.98 Å². The second kappa shape index (κ2) is 4.99. The van der Waals surface area contributed by atoms with Crippen LogP contribution in [0.2, 0.25) is 0 Å². The maximum absolute atomic E-state index is 11.5. The molecule has 5 nitrogen and oxygen atoms in total. The van der Waals surface area contributed by atoms with E-state index in [0.717, 1.165) is 0 Å². The summed E-state index contributed by atoms with van der Waals surface area (Å²) in [5.74, 6) is -1.02. The van der Waals surface area contributed by atoms with E-state index in [0.29, 0.717) is 17.2 Å². The van der Waals surface area contributed by atoms with E-state index in [9.17, 15) is 9.59 Å². The lowest BCUT2D eigenvalue weighted by molar-refractivity contribution is -0.136. The van der Waals surface area contributed by atoms with Crippen molar-refractivity contribution in [3.63, 3.8) is 0 Å². The molecule has 1 aromatic heterocycles. The highest BCUT2D eigenvalue weighted by Crippen LogP contribution is 2.11. The highest BCUT2D eigenvalue weighted by atomic mass is 32.1. The first-order chi connectivity index (χ1) is 6.99. The number of carboxylic acids is 1. The largest absolute Gasteiger partial charge is 0.481 e. The number of hydrogen-bond acceptors (Lipinski definition) is 5. The minimum absolute atomic E-state index is 0.0818. The molecule has 82 valence electrons. The molecule has 15 heavy (non-hydrogen) atoms. The van der Waals surface area contributed by atoms with Gasteiger partial charge in [-0.3, -0.25) is 9.59 Å². The molecule has 0 aliphatic rings. The topological polar surface area (TPSA) is 70.5 Å². The number of carbonyl (C=O) groups excluding carboxylic acids is 1. The zero-order valence-electron chi connectivity index (χ0n) is 8.56.